The molecule has 2 N–H and O–H groups in total. The van der Waals surface area contributed by atoms with Crippen LogP contribution in [0, 0.1) is 13.8 Å². The van der Waals surface area contributed by atoms with Crippen molar-refractivity contribution < 1.29 is 4.79 Å². The summed E-state index contributed by atoms with van der Waals surface area (Å²) in [5.41, 5.74) is 8.74. The quantitative estimate of drug-likeness (QED) is 0.448. The first-order valence-electron chi connectivity index (χ1n) is 7.83. The van der Waals surface area contributed by atoms with Gasteiger partial charge < -0.3 is 0 Å². The van der Waals surface area contributed by atoms with Crippen molar-refractivity contribution in [3.63, 3.8) is 0 Å². The summed E-state index contributed by atoms with van der Waals surface area (Å²) in [4.78, 5) is 17.6. The first-order valence-corrected chi connectivity index (χ1v) is 10.0. The molecule has 0 saturated carbocycles. The van der Waals surface area contributed by atoms with Crippen molar-refractivity contribution >= 4 is 56.0 Å². The minimum atomic E-state index is -0.0679. The van der Waals surface area contributed by atoms with Crippen molar-refractivity contribution in [2.45, 2.75) is 25.2 Å². The van der Waals surface area contributed by atoms with Gasteiger partial charge in [0, 0.05) is 17.1 Å². The molecule has 1 heterocycles. The summed E-state index contributed by atoms with van der Waals surface area (Å²) in [5, 5.41) is 1.30. The molecule has 25 heavy (non-hydrogen) atoms. The Labute approximate surface area is 160 Å². The Morgan fingerprint density at radius 2 is 1.96 bits per heavy atom. The lowest BCUT2D eigenvalue weighted by Crippen LogP contribution is -2.29. The molecule has 0 aliphatic carbocycles. The first-order chi connectivity index (χ1) is 12.0. The predicted octanol–water partition coefficient (Wildman–Crippen LogP) is 5.19. The molecule has 4 nitrogen and oxygen atoms in total. The number of halogens is 1. The molecule has 3 rings (SSSR count). The predicted molar refractivity (Wildman–Crippen MR) is 108 cm³/mol. The van der Waals surface area contributed by atoms with Crippen molar-refractivity contribution in [2.24, 2.45) is 0 Å². The average Bonchev–Trinajstić information content (AvgIpc) is 3.04. The van der Waals surface area contributed by atoms with Crippen LogP contribution in [0.5, 0.6) is 0 Å². The summed E-state index contributed by atoms with van der Waals surface area (Å²) < 4.78 is 0.924. The minimum Gasteiger partial charge on any atom is -0.273 e. The summed E-state index contributed by atoms with van der Waals surface area (Å²) >= 11 is 9.29. The van der Waals surface area contributed by atoms with Crippen molar-refractivity contribution in [2.75, 3.05) is 11.2 Å². The van der Waals surface area contributed by atoms with Crippen LogP contribution < -0.4 is 10.9 Å². The Kier molecular flexibility index (Phi) is 5.83. The normalized spacial score (nSPS) is 10.8. The number of aromatic nitrogens is 1. The van der Waals surface area contributed by atoms with Crippen LogP contribution in [0.1, 0.15) is 17.5 Å². The number of nitrogens with one attached hydrogen (secondary N) is 2. The van der Waals surface area contributed by atoms with Crippen LogP contribution in [0.2, 0.25) is 5.02 Å². The monoisotopic (exact) mass is 391 g/mol. The zero-order valence-electron chi connectivity index (χ0n) is 13.9. The highest BCUT2D eigenvalue weighted by atomic mass is 35.5. The van der Waals surface area contributed by atoms with Crippen molar-refractivity contribution in [1.82, 2.24) is 10.4 Å². The molecule has 0 saturated heterocycles. The number of carbonyl (C=O) groups excluding carboxylic acids is 1. The maximum atomic E-state index is 12.0. The van der Waals surface area contributed by atoms with Crippen LogP contribution in [0.25, 0.3) is 10.2 Å². The molecular formula is C18H18ClN3OS2. The standard InChI is InChI=1S/C18H18ClN3OS2/c1-11-3-6-13(7-4-11)24-10-9-15(23)21-22-18-20-16-12(2)5-8-14(19)17(16)25-18/h3-8H,9-10H2,1-2H3,(H,20,22)(H,21,23). The van der Waals surface area contributed by atoms with E-state index in [0.717, 1.165) is 21.5 Å². The molecule has 0 atom stereocenters. The molecule has 1 aromatic heterocycles. The second-order valence-corrected chi connectivity index (χ2v) is 8.22. The number of anilines is 1. The van der Waals surface area contributed by atoms with Gasteiger partial charge >= 0.3 is 0 Å². The summed E-state index contributed by atoms with van der Waals surface area (Å²) in [5.74, 6) is 0.656. The van der Waals surface area contributed by atoms with Gasteiger partial charge in [-0.3, -0.25) is 15.6 Å². The van der Waals surface area contributed by atoms with Gasteiger partial charge in [0.05, 0.1) is 15.2 Å². The zero-order valence-corrected chi connectivity index (χ0v) is 16.3. The summed E-state index contributed by atoms with van der Waals surface area (Å²) in [6.07, 6.45) is 0.427. The molecule has 0 spiro atoms. The van der Waals surface area contributed by atoms with E-state index >= 15 is 0 Å². The van der Waals surface area contributed by atoms with Crippen molar-refractivity contribution in [3.05, 3.63) is 52.5 Å². The number of amides is 1. The largest absolute Gasteiger partial charge is 0.273 e. The Hall–Kier alpha value is -1.76. The number of thiazole rings is 1. The fourth-order valence-corrected chi connectivity index (χ4v) is 4.26. The molecule has 2 aromatic carbocycles. The smallest absolute Gasteiger partial charge is 0.239 e. The lowest BCUT2D eigenvalue weighted by Gasteiger charge is -2.05. The average molecular weight is 392 g/mol. The van der Waals surface area contributed by atoms with Crippen LogP contribution in [-0.2, 0) is 4.79 Å². The van der Waals surface area contributed by atoms with Gasteiger partial charge in [0.15, 0.2) is 0 Å². The molecule has 0 bridgehead atoms. The number of aryl methyl sites for hydroxylation is 2. The van der Waals surface area contributed by atoms with Gasteiger partial charge in [0.1, 0.15) is 0 Å². The molecule has 7 heteroatoms. The molecule has 1 amide bonds. The Morgan fingerprint density at radius 3 is 2.68 bits per heavy atom. The van der Waals surface area contributed by atoms with Crippen molar-refractivity contribution in [3.8, 4) is 0 Å². The summed E-state index contributed by atoms with van der Waals surface area (Å²) in [6, 6.07) is 12.1. The number of benzene rings is 2. The molecule has 0 aliphatic heterocycles. The van der Waals surface area contributed by atoms with Gasteiger partial charge in [-0.25, -0.2) is 4.98 Å². The maximum Gasteiger partial charge on any atom is 0.239 e. The van der Waals surface area contributed by atoms with Crippen LogP contribution in [0.3, 0.4) is 0 Å². The molecule has 0 aliphatic rings. The number of carbonyl (C=O) groups is 1. The van der Waals surface area contributed by atoms with Gasteiger partial charge in [-0.2, -0.15) is 0 Å². The molecule has 0 unspecified atom stereocenters. The van der Waals surface area contributed by atoms with Crippen LogP contribution in [0.15, 0.2) is 41.3 Å². The molecule has 3 aromatic rings. The van der Waals surface area contributed by atoms with E-state index in [1.165, 1.54) is 21.8 Å². The maximum absolute atomic E-state index is 12.0. The van der Waals surface area contributed by atoms with E-state index in [2.05, 4.69) is 47.0 Å². The van der Waals surface area contributed by atoms with Crippen LogP contribution in [-0.4, -0.2) is 16.6 Å². The molecule has 130 valence electrons. The van der Waals surface area contributed by atoms with E-state index in [-0.39, 0.29) is 5.91 Å². The number of hydrogen-bond donors (Lipinski definition) is 2. The Morgan fingerprint density at radius 1 is 1.20 bits per heavy atom. The van der Waals surface area contributed by atoms with E-state index in [9.17, 15) is 4.79 Å². The number of rotatable bonds is 6. The van der Waals surface area contributed by atoms with Gasteiger partial charge in [0.2, 0.25) is 11.0 Å². The first kappa shape index (κ1) is 18.0. The van der Waals surface area contributed by atoms with E-state index in [4.69, 9.17) is 11.6 Å². The van der Waals surface area contributed by atoms with Gasteiger partial charge in [-0.15, -0.1) is 11.8 Å². The fraction of sp³-hybridized carbons (Fsp3) is 0.222. The van der Waals surface area contributed by atoms with Gasteiger partial charge in [0.25, 0.3) is 0 Å². The number of hydrazine groups is 1. The van der Waals surface area contributed by atoms with E-state index in [1.54, 1.807) is 11.8 Å². The van der Waals surface area contributed by atoms with E-state index in [1.807, 2.05) is 19.1 Å². The van der Waals surface area contributed by atoms with E-state index < -0.39 is 0 Å². The summed E-state index contributed by atoms with van der Waals surface area (Å²) in [7, 11) is 0. The number of fused-ring (bicyclic) bond motifs is 1. The molecule has 0 radical (unpaired) electrons. The molecule has 0 fully saturated rings. The third kappa shape index (κ3) is 4.66. The Balaban J connectivity index is 1.50. The van der Waals surface area contributed by atoms with E-state index in [0.29, 0.717) is 16.6 Å². The molecular weight excluding hydrogens is 374 g/mol. The highest BCUT2D eigenvalue weighted by molar-refractivity contribution is 7.99. The SMILES string of the molecule is Cc1ccc(SCCC(=O)NNc2nc3c(C)ccc(Cl)c3s2)cc1. The number of nitrogens with zero attached hydrogens (tertiary/aromatic N) is 1. The summed E-state index contributed by atoms with van der Waals surface area (Å²) in [6.45, 7) is 4.05. The zero-order chi connectivity index (χ0) is 17.8. The van der Waals surface area contributed by atoms with Gasteiger partial charge in [-0.1, -0.05) is 46.7 Å². The fourth-order valence-electron chi connectivity index (χ4n) is 2.24. The minimum absolute atomic E-state index is 0.0679. The third-order valence-electron chi connectivity index (χ3n) is 3.62. The Bertz CT molecular complexity index is 854. The lowest BCUT2D eigenvalue weighted by molar-refractivity contribution is -0.120. The van der Waals surface area contributed by atoms with Gasteiger partial charge in [-0.05, 0) is 37.6 Å². The second kappa shape index (κ2) is 8.08. The highest BCUT2D eigenvalue weighted by Crippen LogP contribution is 2.33. The van der Waals surface area contributed by atoms with Crippen molar-refractivity contribution in [1.29, 1.82) is 0 Å². The van der Waals surface area contributed by atoms with Crippen LogP contribution in [0.4, 0.5) is 5.13 Å². The highest BCUT2D eigenvalue weighted by Gasteiger charge is 2.10. The topological polar surface area (TPSA) is 54.0 Å². The third-order valence-corrected chi connectivity index (χ3v) is 6.07. The van der Waals surface area contributed by atoms with Crippen LogP contribution >= 0.6 is 34.7 Å². The number of hydrogen-bond acceptors (Lipinski definition) is 5. The second-order valence-electron chi connectivity index (χ2n) is 5.65. The lowest BCUT2D eigenvalue weighted by atomic mass is 10.2. The number of thioether (sulfide) groups is 1.